The molecule has 1 heterocycles. The third-order valence-corrected chi connectivity index (χ3v) is 6.52. The summed E-state index contributed by atoms with van der Waals surface area (Å²) in [5, 5.41) is 22.6. The molecule has 1 aliphatic rings. The van der Waals surface area contributed by atoms with Crippen molar-refractivity contribution in [3.63, 3.8) is 0 Å². The minimum Gasteiger partial charge on any atom is -0.395 e. The number of aromatic amines is 1. The van der Waals surface area contributed by atoms with E-state index in [0.29, 0.717) is 5.92 Å². The third-order valence-electron chi connectivity index (χ3n) is 6.52. The van der Waals surface area contributed by atoms with Crippen LogP contribution < -0.4 is 5.32 Å². The molecule has 6 nitrogen and oxygen atoms in total. The number of H-pyrrole nitrogens is 1. The standard InChI is InChI=1S/C29H28N4O2/c34-18-17-30-27(35)16-11-20-9-12-23(13-10-20)29(24-14-15-25-26(19-24)32-33-31-25)28(22-7-4-8-22)21-5-2-1-3-6-21/h1-3,5-6,9-16,19,22,34H,4,7-8,17-18H2,(H,30,35)(H,31,32,33)/b16-11+,29-28-. The van der Waals surface area contributed by atoms with Crippen LogP contribution in [0, 0.1) is 5.92 Å². The van der Waals surface area contributed by atoms with Gasteiger partial charge in [-0.3, -0.25) is 9.89 Å². The van der Waals surface area contributed by atoms with Crippen LogP contribution in [0.25, 0.3) is 28.3 Å². The number of nitrogens with one attached hydrogen (secondary N) is 2. The van der Waals surface area contributed by atoms with Crippen LogP contribution in [0.15, 0.2) is 78.9 Å². The molecule has 0 unspecified atom stereocenters. The van der Waals surface area contributed by atoms with Gasteiger partial charge in [0.1, 0.15) is 5.52 Å². The first kappa shape index (κ1) is 22.7. The molecule has 0 atom stereocenters. The van der Waals surface area contributed by atoms with Gasteiger partial charge >= 0.3 is 0 Å². The number of rotatable bonds is 8. The van der Waals surface area contributed by atoms with E-state index in [1.165, 1.54) is 42.0 Å². The normalized spacial score (nSPS) is 14.7. The second kappa shape index (κ2) is 10.5. The minimum absolute atomic E-state index is 0.0751. The summed E-state index contributed by atoms with van der Waals surface area (Å²) in [6.45, 7) is 0.170. The molecule has 3 N–H and O–H groups in total. The number of nitrogens with zero attached hydrogens (tertiary/aromatic N) is 2. The van der Waals surface area contributed by atoms with E-state index < -0.39 is 0 Å². The third kappa shape index (κ3) is 5.08. The SMILES string of the molecule is O=C(/C=C/c1ccc(/C(=C(\c2ccccc2)C2CCC2)c2ccc3[nH]nnc3c2)cc1)NCCO. The second-order valence-electron chi connectivity index (χ2n) is 8.80. The van der Waals surface area contributed by atoms with Gasteiger partial charge in [0.25, 0.3) is 0 Å². The number of carbonyl (C=O) groups excluding carboxylic acids is 1. The molecule has 0 radical (unpaired) electrons. The first-order valence-corrected chi connectivity index (χ1v) is 12.0. The zero-order valence-corrected chi connectivity index (χ0v) is 19.4. The molecule has 1 fully saturated rings. The monoisotopic (exact) mass is 464 g/mol. The molecule has 0 bridgehead atoms. The predicted molar refractivity (Wildman–Crippen MR) is 139 cm³/mol. The van der Waals surface area contributed by atoms with Crippen LogP contribution in [0.2, 0.25) is 0 Å². The molecular formula is C29H28N4O2. The molecule has 1 aliphatic carbocycles. The van der Waals surface area contributed by atoms with Gasteiger partial charge in [0.15, 0.2) is 0 Å². The predicted octanol–water partition coefficient (Wildman–Crippen LogP) is 4.84. The highest BCUT2D eigenvalue weighted by molar-refractivity contribution is 6.01. The lowest BCUT2D eigenvalue weighted by molar-refractivity contribution is -0.116. The van der Waals surface area contributed by atoms with Gasteiger partial charge < -0.3 is 10.4 Å². The van der Waals surface area contributed by atoms with Crippen molar-refractivity contribution < 1.29 is 9.90 Å². The van der Waals surface area contributed by atoms with Crippen LogP contribution in [0.4, 0.5) is 0 Å². The van der Waals surface area contributed by atoms with Crippen molar-refractivity contribution in [2.75, 3.05) is 13.2 Å². The number of amides is 1. The highest BCUT2D eigenvalue weighted by Crippen LogP contribution is 2.45. The first-order valence-electron chi connectivity index (χ1n) is 12.0. The van der Waals surface area contributed by atoms with E-state index in [1.54, 1.807) is 6.08 Å². The number of benzene rings is 3. The number of carbonyl (C=O) groups is 1. The van der Waals surface area contributed by atoms with E-state index >= 15 is 0 Å². The maximum Gasteiger partial charge on any atom is 0.244 e. The summed E-state index contributed by atoms with van der Waals surface area (Å²) >= 11 is 0. The van der Waals surface area contributed by atoms with Gasteiger partial charge in [-0.2, -0.15) is 0 Å². The van der Waals surface area contributed by atoms with Crippen molar-refractivity contribution in [2.24, 2.45) is 5.92 Å². The summed E-state index contributed by atoms with van der Waals surface area (Å²) in [7, 11) is 0. The van der Waals surface area contributed by atoms with Crippen molar-refractivity contribution in [3.05, 3.63) is 101 Å². The lowest BCUT2D eigenvalue weighted by Crippen LogP contribution is -2.24. The summed E-state index contributed by atoms with van der Waals surface area (Å²) in [5.41, 5.74) is 8.76. The number of aromatic nitrogens is 3. The topological polar surface area (TPSA) is 90.9 Å². The number of aliphatic hydroxyl groups is 1. The van der Waals surface area contributed by atoms with Gasteiger partial charge in [0.05, 0.1) is 12.1 Å². The number of hydrogen-bond donors (Lipinski definition) is 3. The van der Waals surface area contributed by atoms with Crippen LogP contribution in [0.1, 0.15) is 41.5 Å². The Morgan fingerprint density at radius 3 is 2.49 bits per heavy atom. The molecule has 176 valence electrons. The number of aliphatic hydroxyl groups excluding tert-OH is 1. The average Bonchev–Trinajstić information content (AvgIpc) is 3.34. The van der Waals surface area contributed by atoms with E-state index in [2.05, 4.69) is 75.3 Å². The van der Waals surface area contributed by atoms with Gasteiger partial charge in [0, 0.05) is 12.6 Å². The molecule has 35 heavy (non-hydrogen) atoms. The minimum atomic E-state index is -0.221. The molecule has 1 aromatic heterocycles. The van der Waals surface area contributed by atoms with Crippen LogP contribution in [0.3, 0.4) is 0 Å². The Balaban J connectivity index is 1.59. The Morgan fingerprint density at radius 2 is 1.77 bits per heavy atom. The summed E-state index contributed by atoms with van der Waals surface area (Å²) in [6.07, 6.45) is 6.89. The van der Waals surface area contributed by atoms with Gasteiger partial charge in [0.2, 0.25) is 5.91 Å². The zero-order chi connectivity index (χ0) is 24.0. The summed E-state index contributed by atoms with van der Waals surface area (Å²) in [4.78, 5) is 11.9. The molecule has 1 saturated carbocycles. The maximum atomic E-state index is 11.9. The Labute approximate surface area is 204 Å². The molecule has 0 spiro atoms. The fraction of sp³-hybridized carbons (Fsp3) is 0.207. The fourth-order valence-corrected chi connectivity index (χ4v) is 4.54. The van der Waals surface area contributed by atoms with Gasteiger partial charge in [-0.25, -0.2) is 0 Å². The molecule has 5 rings (SSSR count). The summed E-state index contributed by atoms with van der Waals surface area (Å²) < 4.78 is 0. The van der Waals surface area contributed by atoms with Crippen LogP contribution >= 0.6 is 0 Å². The van der Waals surface area contributed by atoms with Crippen LogP contribution in [0.5, 0.6) is 0 Å². The fourth-order valence-electron chi connectivity index (χ4n) is 4.54. The van der Waals surface area contributed by atoms with E-state index in [0.717, 1.165) is 27.7 Å². The van der Waals surface area contributed by atoms with Crippen molar-refractivity contribution >= 4 is 34.2 Å². The molecule has 4 aromatic rings. The quantitative estimate of drug-likeness (QED) is 0.257. The number of fused-ring (bicyclic) bond motifs is 1. The van der Waals surface area contributed by atoms with Gasteiger partial charge in [-0.15, -0.1) is 5.10 Å². The Morgan fingerprint density at radius 1 is 1.00 bits per heavy atom. The Kier molecular flexibility index (Phi) is 6.82. The smallest absolute Gasteiger partial charge is 0.244 e. The van der Waals surface area contributed by atoms with Crippen molar-refractivity contribution in [2.45, 2.75) is 19.3 Å². The van der Waals surface area contributed by atoms with Crippen molar-refractivity contribution in [1.82, 2.24) is 20.7 Å². The lowest BCUT2D eigenvalue weighted by Gasteiger charge is -2.31. The summed E-state index contributed by atoms with van der Waals surface area (Å²) in [5.74, 6) is 0.288. The van der Waals surface area contributed by atoms with Crippen molar-refractivity contribution in [3.8, 4) is 0 Å². The maximum absolute atomic E-state index is 11.9. The van der Waals surface area contributed by atoms with Crippen molar-refractivity contribution in [1.29, 1.82) is 0 Å². The highest BCUT2D eigenvalue weighted by atomic mass is 16.3. The average molecular weight is 465 g/mol. The lowest BCUT2D eigenvalue weighted by atomic mass is 9.73. The Hall–Kier alpha value is -4.03. The second-order valence-corrected chi connectivity index (χ2v) is 8.80. The number of allylic oxidation sites excluding steroid dienone is 1. The largest absolute Gasteiger partial charge is 0.395 e. The number of hydrogen-bond acceptors (Lipinski definition) is 4. The van der Waals surface area contributed by atoms with Gasteiger partial charge in [-0.05, 0) is 70.4 Å². The molecule has 3 aromatic carbocycles. The molecule has 0 aliphatic heterocycles. The summed E-state index contributed by atoms with van der Waals surface area (Å²) in [6, 6.07) is 25.2. The van der Waals surface area contributed by atoms with E-state index in [9.17, 15) is 4.79 Å². The molecule has 6 heteroatoms. The highest BCUT2D eigenvalue weighted by Gasteiger charge is 2.27. The van der Waals surface area contributed by atoms with E-state index in [1.807, 2.05) is 18.2 Å². The van der Waals surface area contributed by atoms with E-state index in [4.69, 9.17) is 5.11 Å². The molecule has 1 amide bonds. The van der Waals surface area contributed by atoms with Gasteiger partial charge in [-0.1, -0.05) is 72.3 Å². The Bertz CT molecular complexity index is 1370. The first-order chi connectivity index (χ1) is 17.2. The van der Waals surface area contributed by atoms with Crippen LogP contribution in [-0.2, 0) is 4.79 Å². The van der Waals surface area contributed by atoms with E-state index in [-0.39, 0.29) is 19.1 Å². The molecule has 0 saturated heterocycles. The zero-order valence-electron chi connectivity index (χ0n) is 19.4. The molecular weight excluding hydrogens is 436 g/mol. The van der Waals surface area contributed by atoms with Crippen LogP contribution in [-0.4, -0.2) is 39.6 Å².